The van der Waals surface area contributed by atoms with Crippen LogP contribution in [0.5, 0.6) is 0 Å². The van der Waals surface area contributed by atoms with Gasteiger partial charge in [-0.25, -0.2) is 9.97 Å². The predicted molar refractivity (Wildman–Crippen MR) is 111 cm³/mol. The van der Waals surface area contributed by atoms with Gasteiger partial charge >= 0.3 is 0 Å². The average molecular weight is 380 g/mol. The quantitative estimate of drug-likeness (QED) is 0.865. The molecular weight excluding hydrogens is 350 g/mol. The normalized spacial score (nSPS) is 20.8. The van der Waals surface area contributed by atoms with Crippen molar-refractivity contribution in [3.05, 3.63) is 42.1 Å². The Morgan fingerprint density at radius 2 is 1.86 bits per heavy atom. The maximum absolute atomic E-state index is 11.9. The molecule has 1 aromatic carbocycles. The SMILES string of the molecule is CCN1C[C@H](NC2CCN(c3cc(C)nc(-c4ccccc4)n3)CC2)CC1=O. The second kappa shape index (κ2) is 8.27. The molecule has 1 aromatic heterocycles. The molecule has 148 valence electrons. The van der Waals surface area contributed by atoms with E-state index in [2.05, 4.69) is 33.4 Å². The highest BCUT2D eigenvalue weighted by atomic mass is 16.2. The first-order valence-corrected chi connectivity index (χ1v) is 10.3. The van der Waals surface area contributed by atoms with Crippen molar-refractivity contribution in [3.8, 4) is 11.4 Å². The third-order valence-electron chi connectivity index (χ3n) is 5.76. The minimum atomic E-state index is 0.280. The van der Waals surface area contributed by atoms with Crippen molar-refractivity contribution < 1.29 is 4.79 Å². The van der Waals surface area contributed by atoms with E-state index in [1.165, 1.54) is 0 Å². The number of carbonyl (C=O) groups is 1. The Kier molecular flexibility index (Phi) is 5.57. The Morgan fingerprint density at radius 1 is 1.11 bits per heavy atom. The number of anilines is 1. The summed E-state index contributed by atoms with van der Waals surface area (Å²) < 4.78 is 0. The fourth-order valence-electron chi connectivity index (χ4n) is 4.23. The second-order valence-electron chi connectivity index (χ2n) is 7.82. The lowest BCUT2D eigenvalue weighted by Gasteiger charge is -2.34. The number of piperidine rings is 1. The smallest absolute Gasteiger partial charge is 0.224 e. The fourth-order valence-corrected chi connectivity index (χ4v) is 4.23. The molecule has 2 saturated heterocycles. The maximum atomic E-state index is 11.9. The highest BCUT2D eigenvalue weighted by Gasteiger charge is 2.31. The molecule has 0 spiro atoms. The largest absolute Gasteiger partial charge is 0.356 e. The van der Waals surface area contributed by atoms with Gasteiger partial charge in [0.05, 0.1) is 0 Å². The van der Waals surface area contributed by atoms with Crippen LogP contribution in [0.1, 0.15) is 31.9 Å². The number of hydrogen-bond donors (Lipinski definition) is 1. The van der Waals surface area contributed by atoms with Crippen LogP contribution in [-0.2, 0) is 4.79 Å². The number of carbonyl (C=O) groups excluding carboxylic acids is 1. The van der Waals surface area contributed by atoms with Gasteiger partial charge in [-0.1, -0.05) is 30.3 Å². The molecule has 0 radical (unpaired) electrons. The van der Waals surface area contributed by atoms with Crippen molar-refractivity contribution in [2.75, 3.05) is 31.1 Å². The Bertz CT molecular complexity index is 817. The topological polar surface area (TPSA) is 61.4 Å². The lowest BCUT2D eigenvalue weighted by atomic mass is 10.0. The number of benzene rings is 1. The van der Waals surface area contributed by atoms with Crippen LogP contribution in [-0.4, -0.2) is 59.0 Å². The number of aryl methyl sites for hydroxylation is 1. The van der Waals surface area contributed by atoms with Crippen LogP contribution in [0.15, 0.2) is 36.4 Å². The summed E-state index contributed by atoms with van der Waals surface area (Å²) in [6.45, 7) is 7.68. The van der Waals surface area contributed by atoms with E-state index >= 15 is 0 Å². The number of nitrogens with zero attached hydrogens (tertiary/aromatic N) is 4. The van der Waals surface area contributed by atoms with E-state index in [0.717, 1.165) is 61.9 Å². The number of aromatic nitrogens is 2. The fraction of sp³-hybridized carbons (Fsp3) is 0.500. The summed E-state index contributed by atoms with van der Waals surface area (Å²) in [6, 6.07) is 13.0. The van der Waals surface area contributed by atoms with Crippen LogP contribution in [0.3, 0.4) is 0 Å². The zero-order valence-corrected chi connectivity index (χ0v) is 16.8. The van der Waals surface area contributed by atoms with E-state index in [1.807, 2.05) is 36.9 Å². The maximum Gasteiger partial charge on any atom is 0.224 e. The zero-order valence-electron chi connectivity index (χ0n) is 16.8. The molecule has 28 heavy (non-hydrogen) atoms. The van der Waals surface area contributed by atoms with Crippen molar-refractivity contribution >= 4 is 11.7 Å². The molecule has 1 N–H and O–H groups in total. The van der Waals surface area contributed by atoms with Gasteiger partial charge in [0, 0.05) is 62.0 Å². The van der Waals surface area contributed by atoms with Crippen LogP contribution in [0.4, 0.5) is 5.82 Å². The molecule has 6 nitrogen and oxygen atoms in total. The first kappa shape index (κ1) is 18.9. The molecule has 0 bridgehead atoms. The lowest BCUT2D eigenvalue weighted by Crippen LogP contribution is -2.47. The molecule has 1 amide bonds. The monoisotopic (exact) mass is 379 g/mol. The summed E-state index contributed by atoms with van der Waals surface area (Å²) >= 11 is 0. The molecule has 0 aliphatic carbocycles. The lowest BCUT2D eigenvalue weighted by molar-refractivity contribution is -0.127. The number of rotatable bonds is 5. The molecule has 2 aliphatic heterocycles. The van der Waals surface area contributed by atoms with Gasteiger partial charge in [-0.15, -0.1) is 0 Å². The van der Waals surface area contributed by atoms with Gasteiger partial charge in [0.2, 0.25) is 5.91 Å². The average Bonchev–Trinajstić information content (AvgIpc) is 3.08. The summed E-state index contributed by atoms with van der Waals surface area (Å²) in [4.78, 5) is 25.7. The Balaban J connectivity index is 1.38. The van der Waals surface area contributed by atoms with E-state index in [9.17, 15) is 4.79 Å². The Hall–Kier alpha value is -2.47. The third kappa shape index (κ3) is 4.17. The number of likely N-dealkylation sites (N-methyl/N-ethyl adjacent to an activating group) is 1. The van der Waals surface area contributed by atoms with Crippen LogP contribution in [0.2, 0.25) is 0 Å². The molecule has 2 aliphatic rings. The van der Waals surface area contributed by atoms with Gasteiger partial charge < -0.3 is 15.1 Å². The summed E-state index contributed by atoms with van der Waals surface area (Å²) in [7, 11) is 0. The van der Waals surface area contributed by atoms with E-state index in [-0.39, 0.29) is 5.91 Å². The molecule has 0 unspecified atom stereocenters. The van der Waals surface area contributed by atoms with Gasteiger partial charge in [-0.05, 0) is 26.7 Å². The summed E-state index contributed by atoms with van der Waals surface area (Å²) in [6.07, 6.45) is 2.78. The van der Waals surface area contributed by atoms with E-state index in [0.29, 0.717) is 18.5 Å². The third-order valence-corrected chi connectivity index (χ3v) is 5.76. The zero-order chi connectivity index (χ0) is 19.5. The molecule has 1 atom stereocenters. The minimum Gasteiger partial charge on any atom is -0.356 e. The molecule has 0 saturated carbocycles. The number of nitrogens with one attached hydrogen (secondary N) is 1. The standard InChI is InChI=1S/C22H29N5O/c1-3-26-15-19(14-21(26)28)24-18-9-11-27(12-10-18)20-13-16(2)23-22(25-20)17-7-5-4-6-8-17/h4-8,13,18-19,24H,3,9-12,14-15H2,1-2H3/t19-/m1/s1. The number of likely N-dealkylation sites (tertiary alicyclic amines) is 1. The Labute approximate surface area is 167 Å². The van der Waals surface area contributed by atoms with Gasteiger partial charge in [0.1, 0.15) is 5.82 Å². The van der Waals surface area contributed by atoms with Crippen molar-refractivity contribution in [1.29, 1.82) is 0 Å². The van der Waals surface area contributed by atoms with Gasteiger partial charge in [-0.2, -0.15) is 0 Å². The van der Waals surface area contributed by atoms with Gasteiger partial charge in [0.25, 0.3) is 0 Å². The van der Waals surface area contributed by atoms with E-state index in [4.69, 9.17) is 4.98 Å². The van der Waals surface area contributed by atoms with Crippen LogP contribution in [0.25, 0.3) is 11.4 Å². The molecule has 6 heteroatoms. The predicted octanol–water partition coefficient (Wildman–Crippen LogP) is 2.63. The van der Waals surface area contributed by atoms with Crippen LogP contribution in [0, 0.1) is 6.92 Å². The number of hydrogen-bond acceptors (Lipinski definition) is 5. The molecule has 2 fully saturated rings. The van der Waals surface area contributed by atoms with Crippen molar-refractivity contribution in [1.82, 2.24) is 20.2 Å². The highest BCUT2D eigenvalue weighted by molar-refractivity contribution is 5.79. The van der Waals surface area contributed by atoms with E-state index < -0.39 is 0 Å². The van der Waals surface area contributed by atoms with Gasteiger partial charge in [0.15, 0.2) is 5.82 Å². The van der Waals surface area contributed by atoms with Crippen molar-refractivity contribution in [2.45, 2.75) is 45.2 Å². The second-order valence-corrected chi connectivity index (χ2v) is 7.82. The highest BCUT2D eigenvalue weighted by Crippen LogP contribution is 2.23. The summed E-state index contributed by atoms with van der Waals surface area (Å²) in [5.74, 6) is 2.08. The van der Waals surface area contributed by atoms with Crippen LogP contribution >= 0.6 is 0 Å². The molecule has 4 rings (SSSR count). The van der Waals surface area contributed by atoms with E-state index in [1.54, 1.807) is 0 Å². The molecule has 3 heterocycles. The molecular formula is C22H29N5O. The van der Waals surface area contributed by atoms with Crippen molar-refractivity contribution in [3.63, 3.8) is 0 Å². The molecule has 2 aromatic rings. The van der Waals surface area contributed by atoms with Crippen LogP contribution < -0.4 is 10.2 Å². The van der Waals surface area contributed by atoms with Gasteiger partial charge in [-0.3, -0.25) is 4.79 Å². The first-order valence-electron chi connectivity index (χ1n) is 10.3. The Morgan fingerprint density at radius 3 is 2.54 bits per heavy atom. The summed E-state index contributed by atoms with van der Waals surface area (Å²) in [5, 5.41) is 3.71. The van der Waals surface area contributed by atoms with Crippen molar-refractivity contribution in [2.24, 2.45) is 0 Å². The number of amides is 1. The minimum absolute atomic E-state index is 0.280. The summed E-state index contributed by atoms with van der Waals surface area (Å²) in [5.41, 5.74) is 2.05. The first-order chi connectivity index (χ1) is 13.6.